The normalized spacial score (nSPS) is 12.6. The van der Waals surface area contributed by atoms with Gasteiger partial charge in [-0.15, -0.1) is 0 Å². The van der Waals surface area contributed by atoms with Gasteiger partial charge < -0.3 is 10.3 Å². The van der Waals surface area contributed by atoms with E-state index in [-0.39, 0.29) is 6.04 Å². The first kappa shape index (κ1) is 13.0. The molecule has 2 N–H and O–H groups in total. The molecule has 18 heavy (non-hydrogen) atoms. The Hall–Kier alpha value is -1.47. The highest BCUT2D eigenvalue weighted by Gasteiger charge is 2.15. The molecule has 2 aromatic heterocycles. The Balaban J connectivity index is 2.12. The SMILES string of the molecule is CSCC[C@H](N)c1nc(-c2ccc(F)cn2)no1. The van der Waals surface area contributed by atoms with Crippen LogP contribution in [0.1, 0.15) is 18.4 Å². The van der Waals surface area contributed by atoms with Crippen LogP contribution in [0.3, 0.4) is 0 Å². The monoisotopic (exact) mass is 268 g/mol. The van der Waals surface area contributed by atoms with Gasteiger partial charge in [-0.2, -0.15) is 16.7 Å². The van der Waals surface area contributed by atoms with E-state index in [0.717, 1.165) is 18.4 Å². The maximum absolute atomic E-state index is 12.7. The van der Waals surface area contributed by atoms with E-state index >= 15 is 0 Å². The van der Waals surface area contributed by atoms with Crippen molar-refractivity contribution in [3.8, 4) is 11.5 Å². The van der Waals surface area contributed by atoms with Gasteiger partial charge in [-0.25, -0.2) is 9.37 Å². The van der Waals surface area contributed by atoms with Gasteiger partial charge in [-0.3, -0.25) is 0 Å². The Morgan fingerprint density at radius 2 is 2.33 bits per heavy atom. The predicted octanol–water partition coefficient (Wildman–Crippen LogP) is 2.02. The Labute approximate surface area is 108 Å². The Morgan fingerprint density at radius 1 is 1.50 bits per heavy atom. The lowest BCUT2D eigenvalue weighted by Crippen LogP contribution is -2.11. The molecule has 96 valence electrons. The second kappa shape index (κ2) is 5.92. The summed E-state index contributed by atoms with van der Waals surface area (Å²) in [4.78, 5) is 8.04. The van der Waals surface area contributed by atoms with E-state index in [0.29, 0.717) is 17.4 Å². The first-order valence-corrected chi connectivity index (χ1v) is 6.80. The van der Waals surface area contributed by atoms with E-state index in [4.69, 9.17) is 10.3 Å². The molecule has 2 heterocycles. The van der Waals surface area contributed by atoms with Crippen LogP contribution in [0.4, 0.5) is 4.39 Å². The zero-order valence-electron chi connectivity index (χ0n) is 9.84. The number of aromatic nitrogens is 3. The molecule has 5 nitrogen and oxygen atoms in total. The van der Waals surface area contributed by atoms with Crippen LogP contribution >= 0.6 is 11.8 Å². The topological polar surface area (TPSA) is 77.8 Å². The Bertz CT molecular complexity index is 502. The van der Waals surface area contributed by atoms with E-state index in [1.807, 2.05) is 6.26 Å². The molecule has 0 aliphatic heterocycles. The smallest absolute Gasteiger partial charge is 0.243 e. The fraction of sp³-hybridized carbons (Fsp3) is 0.364. The molecule has 0 aliphatic rings. The summed E-state index contributed by atoms with van der Waals surface area (Å²) in [6.45, 7) is 0. The van der Waals surface area contributed by atoms with Gasteiger partial charge in [0.05, 0.1) is 12.2 Å². The molecular formula is C11H13FN4OS. The van der Waals surface area contributed by atoms with Crippen LogP contribution in [-0.4, -0.2) is 27.1 Å². The zero-order valence-corrected chi connectivity index (χ0v) is 10.7. The molecule has 0 spiro atoms. The minimum Gasteiger partial charge on any atom is -0.337 e. The number of nitrogens with zero attached hydrogens (tertiary/aromatic N) is 3. The van der Waals surface area contributed by atoms with Crippen LogP contribution in [0, 0.1) is 5.82 Å². The van der Waals surface area contributed by atoms with Gasteiger partial charge in [0.15, 0.2) is 0 Å². The lowest BCUT2D eigenvalue weighted by molar-refractivity contribution is 0.353. The molecule has 0 aliphatic carbocycles. The maximum atomic E-state index is 12.7. The van der Waals surface area contributed by atoms with Crippen molar-refractivity contribution in [1.29, 1.82) is 0 Å². The van der Waals surface area contributed by atoms with Crippen molar-refractivity contribution in [2.24, 2.45) is 5.73 Å². The fourth-order valence-corrected chi connectivity index (χ4v) is 1.86. The standard InChI is InChI=1S/C11H13FN4OS/c1-18-5-4-8(13)11-15-10(16-17-11)9-3-2-7(12)6-14-9/h2-3,6,8H,4-5,13H2,1H3/t8-/m0/s1. The lowest BCUT2D eigenvalue weighted by Gasteiger charge is -2.03. The van der Waals surface area contributed by atoms with Crippen LogP contribution in [0.2, 0.25) is 0 Å². The minimum atomic E-state index is -0.404. The van der Waals surface area contributed by atoms with Gasteiger partial charge >= 0.3 is 0 Å². The quantitative estimate of drug-likeness (QED) is 0.894. The van der Waals surface area contributed by atoms with E-state index in [9.17, 15) is 4.39 Å². The van der Waals surface area contributed by atoms with E-state index in [2.05, 4.69) is 15.1 Å². The first-order valence-electron chi connectivity index (χ1n) is 5.40. The molecule has 2 rings (SSSR count). The van der Waals surface area contributed by atoms with Gasteiger partial charge in [0.1, 0.15) is 11.5 Å². The predicted molar refractivity (Wildman–Crippen MR) is 67.4 cm³/mol. The summed E-state index contributed by atoms with van der Waals surface area (Å²) in [6, 6.07) is 2.52. The molecule has 0 aromatic carbocycles. The summed E-state index contributed by atoms with van der Waals surface area (Å²) in [5.74, 6) is 1.22. The summed E-state index contributed by atoms with van der Waals surface area (Å²) in [7, 11) is 0. The number of hydrogen-bond donors (Lipinski definition) is 1. The first-order chi connectivity index (χ1) is 8.70. The van der Waals surface area contributed by atoms with Crippen LogP contribution in [0.5, 0.6) is 0 Å². The Morgan fingerprint density at radius 3 is 3.00 bits per heavy atom. The molecule has 0 fully saturated rings. The van der Waals surface area contributed by atoms with Gasteiger partial charge in [0.2, 0.25) is 11.7 Å². The van der Waals surface area contributed by atoms with Crippen LogP contribution < -0.4 is 5.73 Å². The van der Waals surface area contributed by atoms with Crippen LogP contribution in [-0.2, 0) is 0 Å². The van der Waals surface area contributed by atoms with Crippen molar-refractivity contribution in [1.82, 2.24) is 15.1 Å². The molecule has 0 unspecified atom stereocenters. The molecule has 1 atom stereocenters. The third-order valence-electron chi connectivity index (χ3n) is 2.35. The fourth-order valence-electron chi connectivity index (χ4n) is 1.37. The van der Waals surface area contributed by atoms with Crippen LogP contribution in [0.15, 0.2) is 22.9 Å². The summed E-state index contributed by atoms with van der Waals surface area (Å²) in [5, 5.41) is 3.79. The molecule has 0 saturated carbocycles. The number of halogens is 1. The average molecular weight is 268 g/mol. The number of nitrogens with two attached hydrogens (primary N) is 1. The van der Waals surface area contributed by atoms with E-state index in [1.165, 1.54) is 12.1 Å². The van der Waals surface area contributed by atoms with Crippen LogP contribution in [0.25, 0.3) is 11.5 Å². The third kappa shape index (κ3) is 3.05. The summed E-state index contributed by atoms with van der Waals surface area (Å²) < 4.78 is 17.8. The molecule has 2 aromatic rings. The highest BCUT2D eigenvalue weighted by atomic mass is 32.2. The molecular weight excluding hydrogens is 255 g/mol. The molecule has 0 bridgehead atoms. The van der Waals surface area contributed by atoms with Gasteiger partial charge in [-0.1, -0.05) is 5.16 Å². The van der Waals surface area contributed by atoms with E-state index < -0.39 is 5.82 Å². The van der Waals surface area contributed by atoms with Crippen molar-refractivity contribution >= 4 is 11.8 Å². The van der Waals surface area contributed by atoms with Crippen molar-refractivity contribution in [2.75, 3.05) is 12.0 Å². The highest BCUT2D eigenvalue weighted by molar-refractivity contribution is 7.98. The highest BCUT2D eigenvalue weighted by Crippen LogP contribution is 2.18. The molecule has 0 saturated heterocycles. The Kier molecular flexibility index (Phi) is 4.27. The second-order valence-electron chi connectivity index (χ2n) is 3.71. The summed E-state index contributed by atoms with van der Waals surface area (Å²) in [6.07, 6.45) is 3.88. The molecule has 0 radical (unpaired) electrons. The second-order valence-corrected chi connectivity index (χ2v) is 4.69. The van der Waals surface area contributed by atoms with E-state index in [1.54, 1.807) is 11.8 Å². The zero-order chi connectivity index (χ0) is 13.0. The number of pyridine rings is 1. The van der Waals surface area contributed by atoms with Crippen molar-refractivity contribution in [3.05, 3.63) is 30.0 Å². The molecule has 7 heteroatoms. The number of hydrogen-bond acceptors (Lipinski definition) is 6. The lowest BCUT2D eigenvalue weighted by atomic mass is 10.2. The number of thioether (sulfide) groups is 1. The number of rotatable bonds is 5. The van der Waals surface area contributed by atoms with Crippen molar-refractivity contribution < 1.29 is 8.91 Å². The van der Waals surface area contributed by atoms with Gasteiger partial charge in [0.25, 0.3) is 0 Å². The average Bonchev–Trinajstić information content (AvgIpc) is 2.86. The summed E-state index contributed by atoms with van der Waals surface area (Å²) >= 11 is 1.71. The van der Waals surface area contributed by atoms with Gasteiger partial charge in [-0.05, 0) is 30.6 Å². The largest absolute Gasteiger partial charge is 0.337 e. The van der Waals surface area contributed by atoms with Gasteiger partial charge in [0, 0.05) is 0 Å². The third-order valence-corrected chi connectivity index (χ3v) is 2.99. The summed E-state index contributed by atoms with van der Waals surface area (Å²) in [5.41, 5.74) is 6.37. The minimum absolute atomic E-state index is 0.279. The maximum Gasteiger partial charge on any atom is 0.243 e. The van der Waals surface area contributed by atoms with Crippen molar-refractivity contribution in [2.45, 2.75) is 12.5 Å². The molecule has 0 amide bonds. The van der Waals surface area contributed by atoms with Crippen molar-refractivity contribution in [3.63, 3.8) is 0 Å².